The van der Waals surface area contributed by atoms with Gasteiger partial charge in [0.15, 0.2) is 0 Å². The van der Waals surface area contributed by atoms with Crippen LogP contribution in [0.4, 0.5) is 0 Å². The largest absolute Gasteiger partial charge is 0.341 e. The summed E-state index contributed by atoms with van der Waals surface area (Å²) < 4.78 is 0. The third-order valence-electron chi connectivity index (χ3n) is 3.89. The zero-order chi connectivity index (χ0) is 11.5. The van der Waals surface area contributed by atoms with E-state index in [0.29, 0.717) is 17.9 Å². The van der Waals surface area contributed by atoms with Gasteiger partial charge in [-0.3, -0.25) is 4.79 Å². The molecular formula is C13H24N2O. The molecule has 0 aromatic heterocycles. The highest BCUT2D eigenvalue weighted by atomic mass is 16.2. The fraction of sp³-hybridized carbons (Fsp3) is 0.923. The van der Waals surface area contributed by atoms with E-state index < -0.39 is 0 Å². The minimum atomic E-state index is 0.366. The lowest BCUT2D eigenvalue weighted by atomic mass is 9.94. The zero-order valence-corrected chi connectivity index (χ0v) is 10.5. The molecule has 2 rings (SSSR count). The van der Waals surface area contributed by atoms with Gasteiger partial charge < -0.3 is 10.2 Å². The molecule has 2 atom stereocenters. The highest BCUT2D eigenvalue weighted by Gasteiger charge is 2.35. The van der Waals surface area contributed by atoms with Crippen molar-refractivity contribution in [1.82, 2.24) is 10.2 Å². The Hall–Kier alpha value is -0.570. The van der Waals surface area contributed by atoms with E-state index in [1.165, 1.54) is 12.8 Å². The van der Waals surface area contributed by atoms with Crippen molar-refractivity contribution >= 4 is 5.91 Å². The third kappa shape index (κ3) is 2.76. The van der Waals surface area contributed by atoms with E-state index in [0.717, 1.165) is 38.4 Å². The van der Waals surface area contributed by atoms with Crippen LogP contribution in [0.15, 0.2) is 0 Å². The highest BCUT2D eigenvalue weighted by molar-refractivity contribution is 5.76. The third-order valence-corrected chi connectivity index (χ3v) is 3.89. The number of hydrogen-bond donors (Lipinski definition) is 1. The van der Waals surface area contributed by atoms with Crippen LogP contribution < -0.4 is 5.32 Å². The fourth-order valence-corrected chi connectivity index (χ4v) is 2.82. The summed E-state index contributed by atoms with van der Waals surface area (Å²) in [4.78, 5) is 14.1. The molecule has 1 N–H and O–H groups in total. The van der Waals surface area contributed by atoms with E-state index in [1.807, 2.05) is 0 Å². The molecule has 0 saturated carbocycles. The standard InChI is InChI=1S/C13H24N2O/c1-10(2)5-6-13(16)15-8-11-4-3-7-14-12(11)9-15/h10-12,14H,3-9H2,1-2H3. The predicted octanol–water partition coefficient (Wildman–Crippen LogP) is 1.63. The second-order valence-corrected chi connectivity index (χ2v) is 5.69. The molecule has 92 valence electrons. The number of carbonyl (C=O) groups excluding carboxylic acids is 1. The molecule has 0 bridgehead atoms. The van der Waals surface area contributed by atoms with Gasteiger partial charge in [-0.25, -0.2) is 0 Å². The van der Waals surface area contributed by atoms with E-state index >= 15 is 0 Å². The molecule has 1 amide bonds. The van der Waals surface area contributed by atoms with Gasteiger partial charge in [-0.2, -0.15) is 0 Å². The summed E-state index contributed by atoms with van der Waals surface area (Å²) in [6, 6.07) is 0.580. The molecule has 2 aliphatic rings. The number of piperidine rings is 1. The lowest BCUT2D eigenvalue weighted by Crippen LogP contribution is -2.41. The van der Waals surface area contributed by atoms with Crippen molar-refractivity contribution in [2.75, 3.05) is 19.6 Å². The quantitative estimate of drug-likeness (QED) is 0.790. The molecule has 0 aromatic carbocycles. The van der Waals surface area contributed by atoms with E-state index in [4.69, 9.17) is 0 Å². The van der Waals surface area contributed by atoms with Crippen LogP contribution in [0.2, 0.25) is 0 Å². The van der Waals surface area contributed by atoms with Gasteiger partial charge in [0.25, 0.3) is 0 Å². The number of carbonyl (C=O) groups is 1. The van der Waals surface area contributed by atoms with Crippen molar-refractivity contribution in [3.8, 4) is 0 Å². The second kappa shape index (κ2) is 5.17. The van der Waals surface area contributed by atoms with Gasteiger partial charge in [0.05, 0.1) is 0 Å². The van der Waals surface area contributed by atoms with Crippen molar-refractivity contribution in [3.63, 3.8) is 0 Å². The summed E-state index contributed by atoms with van der Waals surface area (Å²) in [5.74, 6) is 1.72. The van der Waals surface area contributed by atoms with E-state index in [1.54, 1.807) is 0 Å². The first-order chi connectivity index (χ1) is 7.66. The Balaban J connectivity index is 1.80. The first-order valence-electron chi connectivity index (χ1n) is 6.68. The highest BCUT2D eigenvalue weighted by Crippen LogP contribution is 2.25. The van der Waals surface area contributed by atoms with Gasteiger partial charge in [-0.1, -0.05) is 13.8 Å². The van der Waals surface area contributed by atoms with Crippen LogP contribution in [0.5, 0.6) is 0 Å². The van der Waals surface area contributed by atoms with E-state index in [-0.39, 0.29) is 0 Å². The predicted molar refractivity (Wildman–Crippen MR) is 65.2 cm³/mol. The molecule has 2 heterocycles. The van der Waals surface area contributed by atoms with Gasteiger partial charge in [-0.15, -0.1) is 0 Å². The molecule has 16 heavy (non-hydrogen) atoms. The van der Waals surface area contributed by atoms with Crippen LogP contribution in [0.3, 0.4) is 0 Å². The topological polar surface area (TPSA) is 32.3 Å². The van der Waals surface area contributed by atoms with Crippen LogP contribution in [0.1, 0.15) is 39.5 Å². The molecule has 0 spiro atoms. The Kier molecular flexibility index (Phi) is 3.85. The number of amides is 1. The van der Waals surface area contributed by atoms with Crippen molar-refractivity contribution in [2.45, 2.75) is 45.6 Å². The first kappa shape index (κ1) is 11.9. The van der Waals surface area contributed by atoms with Crippen LogP contribution in [0, 0.1) is 11.8 Å². The zero-order valence-electron chi connectivity index (χ0n) is 10.5. The SMILES string of the molecule is CC(C)CCC(=O)N1CC2CCCNC2C1. The lowest BCUT2D eigenvalue weighted by Gasteiger charge is -2.24. The van der Waals surface area contributed by atoms with Gasteiger partial charge in [0, 0.05) is 25.6 Å². The van der Waals surface area contributed by atoms with E-state index in [9.17, 15) is 4.79 Å². The van der Waals surface area contributed by atoms with Crippen molar-refractivity contribution in [2.24, 2.45) is 11.8 Å². The van der Waals surface area contributed by atoms with Gasteiger partial charge in [-0.05, 0) is 37.6 Å². The Labute approximate surface area is 98.6 Å². The van der Waals surface area contributed by atoms with E-state index in [2.05, 4.69) is 24.1 Å². The Morgan fingerprint density at radius 3 is 2.94 bits per heavy atom. The van der Waals surface area contributed by atoms with Gasteiger partial charge in [0.2, 0.25) is 5.91 Å². The van der Waals surface area contributed by atoms with Crippen LogP contribution in [0.25, 0.3) is 0 Å². The molecule has 3 heteroatoms. The molecule has 0 radical (unpaired) electrons. The molecule has 3 nitrogen and oxygen atoms in total. The number of rotatable bonds is 3. The minimum absolute atomic E-state index is 0.366. The maximum atomic E-state index is 12.0. The molecule has 2 saturated heterocycles. The van der Waals surface area contributed by atoms with Crippen molar-refractivity contribution < 1.29 is 4.79 Å². The maximum absolute atomic E-state index is 12.0. The van der Waals surface area contributed by atoms with Crippen molar-refractivity contribution in [1.29, 1.82) is 0 Å². The Morgan fingerprint density at radius 1 is 1.44 bits per heavy atom. The average Bonchev–Trinajstić information content (AvgIpc) is 2.69. The number of hydrogen-bond acceptors (Lipinski definition) is 2. The summed E-state index contributed by atoms with van der Waals surface area (Å²) in [5.41, 5.74) is 0. The summed E-state index contributed by atoms with van der Waals surface area (Å²) in [5, 5.41) is 3.54. The van der Waals surface area contributed by atoms with Gasteiger partial charge >= 0.3 is 0 Å². The number of fused-ring (bicyclic) bond motifs is 1. The van der Waals surface area contributed by atoms with Gasteiger partial charge in [0.1, 0.15) is 0 Å². The summed E-state index contributed by atoms with van der Waals surface area (Å²) in [7, 11) is 0. The second-order valence-electron chi connectivity index (χ2n) is 5.69. The summed E-state index contributed by atoms with van der Waals surface area (Å²) in [6.07, 6.45) is 4.33. The summed E-state index contributed by atoms with van der Waals surface area (Å²) >= 11 is 0. The smallest absolute Gasteiger partial charge is 0.222 e. The first-order valence-corrected chi connectivity index (χ1v) is 6.68. The lowest BCUT2D eigenvalue weighted by molar-refractivity contribution is -0.130. The Bertz CT molecular complexity index is 238. The Morgan fingerprint density at radius 2 is 2.25 bits per heavy atom. The summed E-state index contributed by atoms with van der Waals surface area (Å²) in [6.45, 7) is 7.43. The molecule has 0 aliphatic carbocycles. The molecule has 2 unspecified atom stereocenters. The van der Waals surface area contributed by atoms with Crippen molar-refractivity contribution in [3.05, 3.63) is 0 Å². The van der Waals surface area contributed by atoms with Crippen LogP contribution >= 0.6 is 0 Å². The fourth-order valence-electron chi connectivity index (χ4n) is 2.82. The number of likely N-dealkylation sites (tertiary alicyclic amines) is 1. The molecule has 2 aliphatic heterocycles. The van der Waals surface area contributed by atoms with Crippen LogP contribution in [-0.4, -0.2) is 36.5 Å². The maximum Gasteiger partial charge on any atom is 0.222 e. The number of nitrogens with zero attached hydrogens (tertiary/aromatic N) is 1. The normalized spacial score (nSPS) is 29.6. The van der Waals surface area contributed by atoms with Crippen LogP contribution in [-0.2, 0) is 4.79 Å². The molecular weight excluding hydrogens is 200 g/mol. The minimum Gasteiger partial charge on any atom is -0.341 e. The average molecular weight is 224 g/mol. The molecule has 0 aromatic rings. The monoisotopic (exact) mass is 224 g/mol. The number of nitrogens with one attached hydrogen (secondary N) is 1. The molecule has 2 fully saturated rings.